The van der Waals surface area contributed by atoms with Gasteiger partial charge in [0.15, 0.2) is 0 Å². The molecule has 1 aromatic rings. The molecule has 26 heavy (non-hydrogen) atoms. The van der Waals surface area contributed by atoms with E-state index in [9.17, 15) is 13.2 Å². The third kappa shape index (κ3) is 5.44. The van der Waals surface area contributed by atoms with Gasteiger partial charge < -0.3 is 15.0 Å². The normalized spacial score (nSPS) is 15.5. The number of sulfonamides is 1. The van der Waals surface area contributed by atoms with Gasteiger partial charge in [0.25, 0.3) is 0 Å². The van der Waals surface area contributed by atoms with Crippen LogP contribution in [0.3, 0.4) is 0 Å². The summed E-state index contributed by atoms with van der Waals surface area (Å²) < 4.78 is 31.6. The molecule has 9 heteroatoms. The average Bonchev–Trinajstić information content (AvgIpc) is 2.65. The van der Waals surface area contributed by atoms with E-state index in [1.54, 1.807) is 30.2 Å². The van der Waals surface area contributed by atoms with Crippen LogP contribution in [0, 0.1) is 0 Å². The first-order valence-electron chi connectivity index (χ1n) is 8.16. The zero-order chi connectivity index (χ0) is 18.4. The monoisotopic (exact) mass is 403 g/mol. The van der Waals surface area contributed by atoms with Crippen LogP contribution in [0.5, 0.6) is 5.75 Å². The van der Waals surface area contributed by atoms with Gasteiger partial charge in [-0.3, -0.25) is 4.79 Å². The van der Waals surface area contributed by atoms with E-state index in [0.717, 1.165) is 25.9 Å². The topological polar surface area (TPSA) is 87.7 Å². The number of benzene rings is 1. The maximum absolute atomic E-state index is 12.3. The summed E-state index contributed by atoms with van der Waals surface area (Å²) in [5.41, 5.74) is 0.613. The van der Waals surface area contributed by atoms with Gasteiger partial charge >= 0.3 is 0 Å². The van der Waals surface area contributed by atoms with E-state index in [1.807, 2.05) is 0 Å². The predicted octanol–water partition coefficient (Wildman–Crippen LogP) is 1.25. The highest BCUT2D eigenvalue weighted by atomic mass is 35.5. The molecule has 2 rings (SSSR count). The highest BCUT2D eigenvalue weighted by molar-refractivity contribution is 7.89. The second kappa shape index (κ2) is 9.91. The van der Waals surface area contributed by atoms with Crippen molar-refractivity contribution in [3.8, 4) is 5.75 Å². The minimum atomic E-state index is -3.65. The molecule has 0 aliphatic carbocycles. The number of hydrogen-bond acceptors (Lipinski definition) is 5. The zero-order valence-corrected chi connectivity index (χ0v) is 16.8. The fraction of sp³-hybridized carbons (Fsp3) is 0.471. The maximum atomic E-state index is 12.3. The SMILES string of the molecule is CNS(=O)(=O)c1cc(C=CC(=O)N(C)C2CCNCC2)ccc1OC.Cl. The summed E-state index contributed by atoms with van der Waals surface area (Å²) in [6.07, 6.45) is 4.96. The zero-order valence-electron chi connectivity index (χ0n) is 15.2. The van der Waals surface area contributed by atoms with Crippen molar-refractivity contribution >= 4 is 34.4 Å². The molecular weight excluding hydrogens is 378 g/mol. The molecule has 0 aromatic heterocycles. The highest BCUT2D eigenvalue weighted by Gasteiger charge is 2.21. The Hall–Kier alpha value is -1.61. The number of amides is 1. The van der Waals surface area contributed by atoms with Crippen LogP contribution in [0.15, 0.2) is 29.2 Å². The molecule has 1 aliphatic heterocycles. The molecule has 1 aliphatic rings. The van der Waals surface area contributed by atoms with Crippen molar-refractivity contribution in [1.29, 1.82) is 0 Å². The second-order valence-corrected chi connectivity index (χ2v) is 7.74. The summed E-state index contributed by atoms with van der Waals surface area (Å²) in [6.45, 7) is 1.82. The van der Waals surface area contributed by atoms with Crippen molar-refractivity contribution < 1.29 is 17.9 Å². The number of rotatable bonds is 6. The second-order valence-electron chi connectivity index (χ2n) is 5.88. The summed E-state index contributed by atoms with van der Waals surface area (Å²) in [7, 11) is 0.908. The number of likely N-dealkylation sites (N-methyl/N-ethyl adjacent to an activating group) is 1. The van der Waals surface area contributed by atoms with Gasteiger partial charge in [0, 0.05) is 19.2 Å². The van der Waals surface area contributed by atoms with E-state index < -0.39 is 10.0 Å². The molecule has 1 saturated heterocycles. The Bertz CT molecular complexity index is 746. The summed E-state index contributed by atoms with van der Waals surface area (Å²) in [4.78, 5) is 14.1. The van der Waals surface area contributed by atoms with E-state index in [0.29, 0.717) is 5.56 Å². The van der Waals surface area contributed by atoms with Crippen molar-refractivity contribution in [2.75, 3.05) is 34.3 Å². The van der Waals surface area contributed by atoms with Crippen LogP contribution < -0.4 is 14.8 Å². The number of piperidine rings is 1. The summed E-state index contributed by atoms with van der Waals surface area (Å²) in [5, 5.41) is 3.27. The molecule has 1 heterocycles. The number of halogens is 1. The van der Waals surface area contributed by atoms with Gasteiger partial charge in [-0.2, -0.15) is 0 Å². The van der Waals surface area contributed by atoms with Crippen LogP contribution in [0.25, 0.3) is 6.08 Å². The minimum Gasteiger partial charge on any atom is -0.495 e. The lowest BCUT2D eigenvalue weighted by Crippen LogP contribution is -2.43. The Morgan fingerprint density at radius 3 is 2.58 bits per heavy atom. The third-order valence-electron chi connectivity index (χ3n) is 4.37. The Labute approximate surface area is 161 Å². The van der Waals surface area contributed by atoms with E-state index in [1.165, 1.54) is 26.3 Å². The lowest BCUT2D eigenvalue weighted by atomic mass is 10.1. The van der Waals surface area contributed by atoms with Crippen LogP contribution in [-0.2, 0) is 14.8 Å². The van der Waals surface area contributed by atoms with Gasteiger partial charge in [0.05, 0.1) is 7.11 Å². The van der Waals surface area contributed by atoms with Crippen molar-refractivity contribution in [1.82, 2.24) is 14.9 Å². The number of nitrogens with zero attached hydrogens (tertiary/aromatic N) is 1. The molecule has 1 amide bonds. The predicted molar refractivity (Wildman–Crippen MR) is 104 cm³/mol. The number of nitrogens with one attached hydrogen (secondary N) is 2. The number of carbonyl (C=O) groups excluding carboxylic acids is 1. The highest BCUT2D eigenvalue weighted by Crippen LogP contribution is 2.25. The fourth-order valence-corrected chi connectivity index (χ4v) is 3.70. The Morgan fingerprint density at radius 2 is 2.00 bits per heavy atom. The van der Waals surface area contributed by atoms with Crippen molar-refractivity contribution in [3.63, 3.8) is 0 Å². The molecule has 0 saturated carbocycles. The van der Waals surface area contributed by atoms with E-state index in [-0.39, 0.29) is 35.0 Å². The first kappa shape index (κ1) is 22.4. The molecule has 0 radical (unpaired) electrons. The quantitative estimate of drug-likeness (QED) is 0.698. The first-order chi connectivity index (χ1) is 11.9. The maximum Gasteiger partial charge on any atom is 0.246 e. The van der Waals surface area contributed by atoms with Crippen molar-refractivity contribution in [3.05, 3.63) is 29.8 Å². The number of ether oxygens (including phenoxy) is 1. The number of methoxy groups -OCH3 is 1. The molecule has 2 N–H and O–H groups in total. The molecule has 0 spiro atoms. The lowest BCUT2D eigenvalue weighted by molar-refractivity contribution is -0.127. The summed E-state index contributed by atoms with van der Waals surface area (Å²) in [6, 6.07) is 5.00. The van der Waals surface area contributed by atoms with Crippen LogP contribution in [0.2, 0.25) is 0 Å². The molecule has 1 fully saturated rings. The van der Waals surface area contributed by atoms with Gasteiger partial charge in [-0.15, -0.1) is 12.4 Å². The average molecular weight is 404 g/mol. The largest absolute Gasteiger partial charge is 0.495 e. The molecule has 0 unspecified atom stereocenters. The van der Waals surface area contributed by atoms with E-state index in [4.69, 9.17) is 4.74 Å². The van der Waals surface area contributed by atoms with Gasteiger partial charge in [-0.05, 0) is 56.8 Å². The standard InChI is InChI=1S/C17H25N3O4S.ClH/c1-18-25(22,23)16-12-13(4-6-15(16)24-3)5-7-17(21)20(2)14-8-10-19-11-9-14;/h4-7,12,14,18-19H,8-11H2,1-3H3;1H. The lowest BCUT2D eigenvalue weighted by Gasteiger charge is -2.30. The van der Waals surface area contributed by atoms with Crippen LogP contribution in [0.1, 0.15) is 18.4 Å². The number of hydrogen-bond donors (Lipinski definition) is 2. The van der Waals surface area contributed by atoms with E-state index in [2.05, 4.69) is 10.0 Å². The first-order valence-corrected chi connectivity index (χ1v) is 9.64. The van der Waals surface area contributed by atoms with Crippen molar-refractivity contribution in [2.24, 2.45) is 0 Å². The smallest absolute Gasteiger partial charge is 0.246 e. The van der Waals surface area contributed by atoms with Gasteiger partial charge in [-0.25, -0.2) is 13.1 Å². The van der Waals surface area contributed by atoms with Crippen LogP contribution >= 0.6 is 12.4 Å². The molecule has 1 aromatic carbocycles. The van der Waals surface area contributed by atoms with Gasteiger partial charge in [0.2, 0.25) is 15.9 Å². The molecule has 0 bridgehead atoms. The fourth-order valence-electron chi connectivity index (χ4n) is 2.78. The minimum absolute atomic E-state index is 0. The third-order valence-corrected chi connectivity index (χ3v) is 5.80. The summed E-state index contributed by atoms with van der Waals surface area (Å²) >= 11 is 0. The number of carbonyl (C=O) groups is 1. The van der Waals surface area contributed by atoms with Crippen molar-refractivity contribution in [2.45, 2.75) is 23.8 Å². The summed E-state index contributed by atoms with van der Waals surface area (Å²) in [5.74, 6) is 0.158. The molecule has 0 atom stereocenters. The van der Waals surface area contributed by atoms with Crippen LogP contribution in [0.4, 0.5) is 0 Å². The van der Waals surface area contributed by atoms with Gasteiger partial charge in [-0.1, -0.05) is 6.07 Å². The Kier molecular flexibility index (Phi) is 8.55. The Morgan fingerprint density at radius 1 is 1.35 bits per heavy atom. The molecule has 7 nitrogen and oxygen atoms in total. The van der Waals surface area contributed by atoms with E-state index >= 15 is 0 Å². The van der Waals surface area contributed by atoms with Gasteiger partial charge in [0.1, 0.15) is 10.6 Å². The molecule has 146 valence electrons. The molecular formula is C17H26ClN3O4S. The Balaban J connectivity index is 0.00000338. The van der Waals surface area contributed by atoms with Crippen LogP contribution in [-0.4, -0.2) is 59.6 Å².